The van der Waals surface area contributed by atoms with Gasteiger partial charge in [0.2, 0.25) is 11.2 Å². The number of rotatable bonds is 4. The Kier molecular flexibility index (Phi) is 4.12. The molecule has 3 nitrogen and oxygen atoms in total. The van der Waals surface area contributed by atoms with Crippen LogP contribution in [-0.2, 0) is 6.42 Å². The third-order valence-corrected chi connectivity index (χ3v) is 3.09. The molecule has 0 fully saturated rings. The lowest BCUT2D eigenvalue weighted by Gasteiger charge is -2.07. The number of benzene rings is 2. The molecular formula is C17H13ClN2O. The van der Waals surface area contributed by atoms with Gasteiger partial charge in [-0.3, -0.25) is 0 Å². The molecule has 3 aromatic rings. The van der Waals surface area contributed by atoms with Gasteiger partial charge < -0.3 is 4.74 Å². The Balaban J connectivity index is 1.83. The van der Waals surface area contributed by atoms with E-state index in [-0.39, 0.29) is 5.28 Å². The molecule has 1 aromatic heterocycles. The lowest BCUT2D eigenvalue weighted by atomic mass is 10.1. The number of ether oxygens (including phenoxy) is 1. The highest BCUT2D eigenvalue weighted by molar-refractivity contribution is 6.28. The van der Waals surface area contributed by atoms with E-state index in [1.54, 1.807) is 0 Å². The Morgan fingerprint density at radius 2 is 1.52 bits per heavy atom. The number of hydrogen-bond donors (Lipinski definition) is 0. The van der Waals surface area contributed by atoms with Crippen molar-refractivity contribution in [1.29, 1.82) is 0 Å². The molecule has 3 rings (SSSR count). The second kappa shape index (κ2) is 6.37. The van der Waals surface area contributed by atoms with Crippen LogP contribution in [0, 0.1) is 0 Å². The summed E-state index contributed by atoms with van der Waals surface area (Å²) in [6, 6.07) is 21.4. The lowest BCUT2D eigenvalue weighted by Crippen LogP contribution is -1.97. The van der Waals surface area contributed by atoms with Gasteiger partial charge in [0.05, 0.1) is 5.69 Å². The zero-order chi connectivity index (χ0) is 14.5. The van der Waals surface area contributed by atoms with E-state index in [1.165, 1.54) is 0 Å². The predicted molar refractivity (Wildman–Crippen MR) is 82.8 cm³/mol. The second-order valence-electron chi connectivity index (χ2n) is 4.54. The Labute approximate surface area is 128 Å². The summed E-state index contributed by atoms with van der Waals surface area (Å²) < 4.78 is 5.70. The van der Waals surface area contributed by atoms with E-state index in [4.69, 9.17) is 16.3 Å². The molecule has 0 spiro atoms. The van der Waals surface area contributed by atoms with Crippen LogP contribution in [0.1, 0.15) is 11.3 Å². The van der Waals surface area contributed by atoms with E-state index in [0.717, 1.165) is 17.0 Å². The van der Waals surface area contributed by atoms with Crippen LogP contribution >= 0.6 is 11.6 Å². The minimum atomic E-state index is 0.189. The van der Waals surface area contributed by atoms with E-state index in [1.807, 2.05) is 66.7 Å². The van der Waals surface area contributed by atoms with Crippen LogP contribution in [0.2, 0.25) is 5.28 Å². The van der Waals surface area contributed by atoms with E-state index < -0.39 is 0 Å². The zero-order valence-electron chi connectivity index (χ0n) is 11.2. The molecule has 0 aliphatic rings. The fraction of sp³-hybridized carbons (Fsp3) is 0.0588. The molecular weight excluding hydrogens is 284 g/mol. The van der Waals surface area contributed by atoms with Gasteiger partial charge in [-0.15, -0.1) is 0 Å². The van der Waals surface area contributed by atoms with Crippen molar-refractivity contribution in [3.63, 3.8) is 0 Å². The summed E-state index contributed by atoms with van der Waals surface area (Å²) >= 11 is 5.98. The lowest BCUT2D eigenvalue weighted by molar-refractivity contribution is 0.460. The molecule has 0 saturated carbocycles. The molecule has 0 bridgehead atoms. The highest BCUT2D eigenvalue weighted by atomic mass is 35.5. The van der Waals surface area contributed by atoms with Crippen LogP contribution < -0.4 is 4.74 Å². The number of para-hydroxylation sites is 1. The van der Waals surface area contributed by atoms with E-state index in [9.17, 15) is 0 Å². The maximum Gasteiger partial charge on any atom is 0.225 e. The molecule has 0 aliphatic carbocycles. The molecule has 0 aliphatic heterocycles. The Morgan fingerprint density at radius 1 is 0.857 bits per heavy atom. The van der Waals surface area contributed by atoms with Crippen LogP contribution in [0.4, 0.5) is 0 Å². The average Bonchev–Trinajstić information content (AvgIpc) is 2.48. The molecule has 0 amide bonds. The normalized spacial score (nSPS) is 10.3. The van der Waals surface area contributed by atoms with Gasteiger partial charge in [0.1, 0.15) is 5.75 Å². The molecule has 0 saturated heterocycles. The van der Waals surface area contributed by atoms with E-state index in [2.05, 4.69) is 9.97 Å². The van der Waals surface area contributed by atoms with Gasteiger partial charge in [-0.05, 0) is 29.3 Å². The minimum Gasteiger partial charge on any atom is -0.439 e. The van der Waals surface area contributed by atoms with E-state index >= 15 is 0 Å². The molecule has 1 heterocycles. The fourth-order valence-corrected chi connectivity index (χ4v) is 2.19. The summed E-state index contributed by atoms with van der Waals surface area (Å²) in [5.41, 5.74) is 1.99. The maximum absolute atomic E-state index is 5.98. The molecule has 104 valence electrons. The summed E-state index contributed by atoms with van der Waals surface area (Å²) in [5, 5.41) is 0.189. The van der Waals surface area contributed by atoms with Crippen LogP contribution in [-0.4, -0.2) is 9.97 Å². The van der Waals surface area contributed by atoms with Crippen molar-refractivity contribution in [1.82, 2.24) is 9.97 Å². The average molecular weight is 297 g/mol. The Bertz CT molecular complexity index is 658. The van der Waals surface area contributed by atoms with Crippen molar-refractivity contribution in [3.05, 3.63) is 83.3 Å². The zero-order valence-corrected chi connectivity index (χ0v) is 12.0. The summed E-state index contributed by atoms with van der Waals surface area (Å²) in [6.07, 6.45) is 0.689. The van der Waals surface area contributed by atoms with Crippen molar-refractivity contribution in [3.8, 4) is 11.6 Å². The number of aromatic nitrogens is 2. The van der Waals surface area contributed by atoms with Crippen molar-refractivity contribution in [2.45, 2.75) is 6.42 Å². The summed E-state index contributed by atoms with van der Waals surface area (Å²) in [7, 11) is 0. The standard InChI is InChI=1S/C17H13ClN2O/c18-17-19-14(11-13-7-3-1-4-8-13)12-16(20-17)21-15-9-5-2-6-10-15/h1-10,12H,11H2. The molecule has 21 heavy (non-hydrogen) atoms. The van der Waals surface area contributed by atoms with Crippen molar-refractivity contribution in [2.24, 2.45) is 0 Å². The van der Waals surface area contributed by atoms with Crippen molar-refractivity contribution in [2.75, 3.05) is 0 Å². The van der Waals surface area contributed by atoms with Crippen molar-refractivity contribution >= 4 is 11.6 Å². The van der Waals surface area contributed by atoms with Crippen LogP contribution in [0.25, 0.3) is 0 Å². The Hall–Kier alpha value is -2.39. The second-order valence-corrected chi connectivity index (χ2v) is 4.88. The molecule has 0 N–H and O–H groups in total. The van der Waals surface area contributed by atoms with Gasteiger partial charge >= 0.3 is 0 Å². The van der Waals surface area contributed by atoms with Gasteiger partial charge in [0.25, 0.3) is 0 Å². The molecule has 0 unspecified atom stereocenters. The fourth-order valence-electron chi connectivity index (χ4n) is 2.00. The van der Waals surface area contributed by atoms with Gasteiger partial charge in [0, 0.05) is 12.5 Å². The van der Waals surface area contributed by atoms with Crippen LogP contribution in [0.15, 0.2) is 66.7 Å². The first-order valence-electron chi connectivity index (χ1n) is 6.60. The summed E-state index contributed by atoms with van der Waals surface area (Å²) in [4.78, 5) is 8.35. The van der Waals surface area contributed by atoms with Crippen LogP contribution in [0.5, 0.6) is 11.6 Å². The third kappa shape index (κ3) is 3.80. The first kappa shape index (κ1) is 13.6. The Morgan fingerprint density at radius 3 is 2.24 bits per heavy atom. The maximum atomic E-state index is 5.98. The molecule has 2 aromatic carbocycles. The first-order valence-corrected chi connectivity index (χ1v) is 6.98. The molecule has 0 radical (unpaired) electrons. The van der Waals surface area contributed by atoms with Gasteiger partial charge in [0.15, 0.2) is 0 Å². The van der Waals surface area contributed by atoms with Gasteiger partial charge in [-0.2, -0.15) is 4.98 Å². The predicted octanol–water partition coefficient (Wildman–Crippen LogP) is 4.51. The van der Waals surface area contributed by atoms with Gasteiger partial charge in [-0.25, -0.2) is 4.98 Å². The van der Waals surface area contributed by atoms with E-state index in [0.29, 0.717) is 12.3 Å². The SMILES string of the molecule is Clc1nc(Cc2ccccc2)cc(Oc2ccccc2)n1. The highest BCUT2D eigenvalue weighted by Crippen LogP contribution is 2.21. The number of nitrogens with zero attached hydrogens (tertiary/aromatic N) is 2. The molecule has 4 heteroatoms. The summed E-state index contributed by atoms with van der Waals surface area (Å²) in [6.45, 7) is 0. The first-order chi connectivity index (χ1) is 10.3. The van der Waals surface area contributed by atoms with Crippen molar-refractivity contribution < 1.29 is 4.74 Å². The van der Waals surface area contributed by atoms with Crippen LogP contribution in [0.3, 0.4) is 0 Å². The number of halogens is 1. The number of hydrogen-bond acceptors (Lipinski definition) is 3. The topological polar surface area (TPSA) is 35.0 Å². The monoisotopic (exact) mass is 296 g/mol. The minimum absolute atomic E-state index is 0.189. The third-order valence-electron chi connectivity index (χ3n) is 2.92. The highest BCUT2D eigenvalue weighted by Gasteiger charge is 2.06. The largest absolute Gasteiger partial charge is 0.439 e. The van der Waals surface area contributed by atoms with Gasteiger partial charge in [-0.1, -0.05) is 48.5 Å². The summed E-state index contributed by atoms with van der Waals surface area (Å²) in [5.74, 6) is 1.17. The quantitative estimate of drug-likeness (QED) is 0.664. The smallest absolute Gasteiger partial charge is 0.225 e. The molecule has 0 atom stereocenters.